The Balaban J connectivity index is 2.39. The van der Waals surface area contributed by atoms with E-state index in [1.165, 1.54) is 6.92 Å². The van der Waals surface area contributed by atoms with E-state index in [-0.39, 0.29) is 32.9 Å². The minimum Gasteiger partial charge on any atom is -0.494 e. The Kier molecular flexibility index (Phi) is 11.1. The summed E-state index contributed by atoms with van der Waals surface area (Å²) in [6, 6.07) is 4.89. The van der Waals surface area contributed by atoms with Gasteiger partial charge >= 0.3 is 0 Å². The van der Waals surface area contributed by atoms with Crippen LogP contribution >= 0.6 is 23.2 Å². The van der Waals surface area contributed by atoms with Crippen molar-refractivity contribution in [2.45, 2.75) is 40.7 Å². The third-order valence-corrected chi connectivity index (χ3v) is 5.06. The van der Waals surface area contributed by atoms with Crippen molar-refractivity contribution < 1.29 is 28.5 Å². The summed E-state index contributed by atoms with van der Waals surface area (Å²) in [6.07, 6.45) is 0. The Bertz CT molecular complexity index is 1080. The molecule has 0 aromatic heterocycles. The van der Waals surface area contributed by atoms with Crippen LogP contribution in [-0.4, -0.2) is 44.2 Å². The molecule has 0 aliphatic carbocycles. The summed E-state index contributed by atoms with van der Waals surface area (Å²) in [5.74, 6) is 0.110. The van der Waals surface area contributed by atoms with E-state index in [2.05, 4.69) is 15.5 Å². The van der Waals surface area contributed by atoms with E-state index in [0.717, 1.165) is 0 Å². The number of hydrogen-bond acceptors (Lipinski definition) is 8. The molecule has 190 valence electrons. The molecule has 1 amide bonds. The van der Waals surface area contributed by atoms with E-state index in [4.69, 9.17) is 42.1 Å². The Hall–Kier alpha value is -3.04. The predicted octanol–water partition coefficient (Wildman–Crippen LogP) is 6.27. The average molecular weight is 526 g/mol. The van der Waals surface area contributed by atoms with Gasteiger partial charge in [0, 0.05) is 12.1 Å². The maximum Gasteiger partial charge on any atom is 0.258 e. The first kappa shape index (κ1) is 28.2. The summed E-state index contributed by atoms with van der Waals surface area (Å²) in [7, 11) is 0. The summed E-state index contributed by atoms with van der Waals surface area (Å²) in [6.45, 7) is 9.89. The fourth-order valence-corrected chi connectivity index (χ4v) is 3.53. The number of hydrogen-bond donors (Lipinski definition) is 1. The number of Topliss-reactive ketones (excluding diaryl/α,β-unsaturated/α-hetero) is 1. The zero-order valence-electron chi connectivity index (χ0n) is 20.3. The smallest absolute Gasteiger partial charge is 0.258 e. The van der Waals surface area contributed by atoms with Gasteiger partial charge < -0.3 is 24.3 Å². The zero-order valence-corrected chi connectivity index (χ0v) is 21.8. The van der Waals surface area contributed by atoms with Crippen LogP contribution in [0.3, 0.4) is 0 Å². The fraction of sp³-hybridized carbons (Fsp3) is 0.417. The highest BCUT2D eigenvalue weighted by Gasteiger charge is 2.26. The maximum absolute atomic E-state index is 13.0. The summed E-state index contributed by atoms with van der Waals surface area (Å²) < 4.78 is 22.1. The predicted molar refractivity (Wildman–Crippen MR) is 135 cm³/mol. The first-order valence-electron chi connectivity index (χ1n) is 11.2. The number of carbonyl (C=O) groups is 2. The number of azo groups is 1. The van der Waals surface area contributed by atoms with Gasteiger partial charge in [0.2, 0.25) is 6.04 Å². The molecule has 0 heterocycles. The molecule has 11 heteroatoms. The Morgan fingerprint density at radius 1 is 0.914 bits per heavy atom. The number of rotatable bonds is 13. The highest BCUT2D eigenvalue weighted by Crippen LogP contribution is 2.41. The van der Waals surface area contributed by atoms with Crippen molar-refractivity contribution in [2.24, 2.45) is 10.2 Å². The second kappa shape index (κ2) is 13.7. The van der Waals surface area contributed by atoms with Crippen LogP contribution in [0.25, 0.3) is 0 Å². The van der Waals surface area contributed by atoms with Gasteiger partial charge in [-0.05, 0) is 46.8 Å². The van der Waals surface area contributed by atoms with Gasteiger partial charge in [-0.2, -0.15) is 10.2 Å². The molecule has 1 N–H and O–H groups in total. The van der Waals surface area contributed by atoms with Crippen LogP contribution in [0, 0.1) is 0 Å². The monoisotopic (exact) mass is 525 g/mol. The fourth-order valence-electron chi connectivity index (χ4n) is 2.99. The third-order valence-electron chi connectivity index (χ3n) is 4.42. The molecule has 0 fully saturated rings. The van der Waals surface area contributed by atoms with Gasteiger partial charge in [-0.25, -0.2) is 0 Å². The zero-order chi connectivity index (χ0) is 26.0. The molecule has 0 radical (unpaired) electrons. The topological polar surface area (TPSA) is 108 Å². The summed E-state index contributed by atoms with van der Waals surface area (Å²) >= 11 is 12.7. The summed E-state index contributed by atoms with van der Waals surface area (Å²) in [5, 5.41) is 11.2. The van der Waals surface area contributed by atoms with E-state index in [1.807, 2.05) is 13.8 Å². The largest absolute Gasteiger partial charge is 0.494 e. The molecule has 0 saturated carbocycles. The Labute approximate surface area is 214 Å². The lowest BCUT2D eigenvalue weighted by molar-refractivity contribution is -0.126. The van der Waals surface area contributed by atoms with Crippen molar-refractivity contribution in [3.8, 4) is 23.0 Å². The molecule has 0 aliphatic heterocycles. The number of nitrogens with zero attached hydrogens (tertiary/aromatic N) is 2. The van der Waals surface area contributed by atoms with Crippen LogP contribution in [0.2, 0.25) is 10.0 Å². The highest BCUT2D eigenvalue weighted by atomic mass is 35.5. The second-order valence-corrected chi connectivity index (χ2v) is 7.74. The van der Waals surface area contributed by atoms with Crippen molar-refractivity contribution in [3.05, 3.63) is 34.3 Å². The van der Waals surface area contributed by atoms with Crippen LogP contribution in [0.1, 0.15) is 34.6 Å². The molecule has 1 unspecified atom stereocenters. The molecular formula is C24H29Cl2N3O6. The minimum absolute atomic E-state index is 0.205. The number of anilines is 1. The van der Waals surface area contributed by atoms with Crippen LogP contribution in [0.15, 0.2) is 34.5 Å². The van der Waals surface area contributed by atoms with E-state index in [1.54, 1.807) is 38.1 Å². The molecule has 0 aliphatic rings. The first-order valence-corrected chi connectivity index (χ1v) is 11.9. The summed E-state index contributed by atoms with van der Waals surface area (Å²) in [5.41, 5.74) is 0.490. The molecule has 0 saturated heterocycles. The maximum atomic E-state index is 13.0. The number of ether oxygens (including phenoxy) is 4. The number of amides is 1. The van der Waals surface area contributed by atoms with Crippen molar-refractivity contribution in [2.75, 3.05) is 31.7 Å². The van der Waals surface area contributed by atoms with E-state index < -0.39 is 17.7 Å². The van der Waals surface area contributed by atoms with Crippen LogP contribution in [-0.2, 0) is 9.59 Å². The van der Waals surface area contributed by atoms with Crippen molar-refractivity contribution in [1.29, 1.82) is 0 Å². The summed E-state index contributed by atoms with van der Waals surface area (Å²) in [4.78, 5) is 25.3. The number of halogens is 2. The van der Waals surface area contributed by atoms with Gasteiger partial charge in [0.05, 0.1) is 37.1 Å². The Morgan fingerprint density at radius 3 is 2.14 bits per heavy atom. The molecule has 2 aromatic rings. The van der Waals surface area contributed by atoms with Crippen LogP contribution < -0.4 is 24.3 Å². The van der Waals surface area contributed by atoms with Crippen molar-refractivity contribution in [3.63, 3.8) is 0 Å². The van der Waals surface area contributed by atoms with Gasteiger partial charge in [0.15, 0.2) is 17.3 Å². The lowest BCUT2D eigenvalue weighted by atomic mass is 10.2. The number of carbonyl (C=O) groups excluding carboxylic acids is 2. The van der Waals surface area contributed by atoms with Crippen molar-refractivity contribution in [1.82, 2.24) is 0 Å². The number of ketones is 1. The molecule has 1 atom stereocenters. The van der Waals surface area contributed by atoms with Crippen molar-refractivity contribution >= 4 is 46.3 Å². The number of benzene rings is 2. The SMILES string of the molecule is CCOc1cc(Cl)c(OCC)c(N=NC(C(C)=O)C(=O)Nc2ccc(OCC)c(Cl)c2OCC)c1. The minimum atomic E-state index is -1.45. The molecule has 2 rings (SSSR count). The van der Waals surface area contributed by atoms with E-state index >= 15 is 0 Å². The van der Waals surface area contributed by atoms with Gasteiger partial charge in [-0.1, -0.05) is 23.2 Å². The Morgan fingerprint density at radius 2 is 1.54 bits per heavy atom. The van der Waals surface area contributed by atoms with Gasteiger partial charge in [-0.15, -0.1) is 0 Å². The number of nitrogens with one attached hydrogen (secondary N) is 1. The molecular weight excluding hydrogens is 497 g/mol. The first-order chi connectivity index (χ1) is 16.8. The van der Waals surface area contributed by atoms with E-state index in [0.29, 0.717) is 37.9 Å². The molecule has 9 nitrogen and oxygen atoms in total. The molecule has 0 spiro atoms. The molecule has 2 aromatic carbocycles. The van der Waals surface area contributed by atoms with Gasteiger partial charge in [-0.3, -0.25) is 9.59 Å². The quantitative estimate of drug-likeness (QED) is 0.244. The molecule has 0 bridgehead atoms. The lowest BCUT2D eigenvalue weighted by Crippen LogP contribution is -2.32. The van der Waals surface area contributed by atoms with Crippen LogP contribution in [0.5, 0.6) is 23.0 Å². The second-order valence-electron chi connectivity index (χ2n) is 6.96. The average Bonchev–Trinajstić information content (AvgIpc) is 2.80. The highest BCUT2D eigenvalue weighted by molar-refractivity contribution is 6.34. The molecule has 35 heavy (non-hydrogen) atoms. The lowest BCUT2D eigenvalue weighted by Gasteiger charge is -2.17. The van der Waals surface area contributed by atoms with E-state index in [9.17, 15) is 9.59 Å². The normalized spacial score (nSPS) is 11.7. The standard InChI is InChI=1S/C24H29Cl2N3O6/c1-6-32-15-12-16(25)22(34-8-3)18(13-15)28-29-21(14(5)30)24(31)27-17-10-11-19(33-7-2)20(26)23(17)35-9-4/h10-13,21H,6-9H2,1-5H3,(H,27,31). The third kappa shape index (κ3) is 7.47. The van der Waals surface area contributed by atoms with Gasteiger partial charge in [0.1, 0.15) is 22.2 Å². The van der Waals surface area contributed by atoms with Gasteiger partial charge in [0.25, 0.3) is 5.91 Å². The van der Waals surface area contributed by atoms with Crippen LogP contribution in [0.4, 0.5) is 11.4 Å².